The molecule has 0 aliphatic rings. The quantitative estimate of drug-likeness (QED) is 0.400. The third-order valence-corrected chi connectivity index (χ3v) is 6.78. The van der Waals surface area contributed by atoms with Crippen molar-refractivity contribution in [3.63, 3.8) is 0 Å². The van der Waals surface area contributed by atoms with Gasteiger partial charge in [-0.2, -0.15) is 13.2 Å². The van der Waals surface area contributed by atoms with E-state index in [0.717, 1.165) is 23.8 Å². The molecule has 2 N–H and O–H groups in total. The highest BCUT2D eigenvalue weighted by Gasteiger charge is 2.29. The van der Waals surface area contributed by atoms with Gasteiger partial charge in [0.1, 0.15) is 12.4 Å². The fourth-order valence-corrected chi connectivity index (χ4v) is 4.41. The molecule has 0 unspecified atom stereocenters. The van der Waals surface area contributed by atoms with E-state index in [9.17, 15) is 31.5 Å². The minimum atomic E-state index is -4.38. The summed E-state index contributed by atoms with van der Waals surface area (Å²) in [5.74, 6) is -0.661. The topological polar surface area (TPSA) is 92.7 Å². The largest absolute Gasteiger partial charge is 0.489 e. The molecular weight excluding hydrogens is 483 g/mol. The molecule has 0 amide bonds. The number of hydrogen-bond acceptors (Lipinski definition) is 4. The highest BCUT2D eigenvalue weighted by atomic mass is 32.2. The zero-order chi connectivity index (χ0) is 25.6. The molecule has 0 heterocycles. The normalized spacial score (nSPS) is 11.9. The Hall–Kier alpha value is -3.37. The van der Waals surface area contributed by atoms with Crippen molar-refractivity contribution >= 4 is 16.0 Å². The SMILES string of the molecule is CCc1ccc(S(=O)(=O)NCCc2ccc(OCc3ccc(C(F)(F)F)cc3)cc2)cc1C(=O)O. The number of aryl methyl sites for hydroxylation is 1. The van der Waals surface area contributed by atoms with Crippen molar-refractivity contribution in [3.8, 4) is 5.75 Å². The standard InChI is InChI=1S/C25H24F3NO5S/c1-2-19-7-12-22(15-23(19)24(30)31)35(32,33)29-14-13-17-5-10-21(11-6-17)34-16-18-3-8-20(9-4-18)25(26,27)28/h3-12,15,29H,2,13-14,16H2,1H3,(H,30,31). The van der Waals surface area contributed by atoms with E-state index in [4.69, 9.17) is 4.74 Å². The summed E-state index contributed by atoms with van der Waals surface area (Å²) in [6.45, 7) is 2.00. The van der Waals surface area contributed by atoms with Gasteiger partial charge >= 0.3 is 12.1 Å². The average molecular weight is 508 g/mol. The van der Waals surface area contributed by atoms with Crippen molar-refractivity contribution in [1.29, 1.82) is 0 Å². The Morgan fingerprint density at radius 3 is 2.17 bits per heavy atom. The third-order valence-electron chi connectivity index (χ3n) is 5.32. The zero-order valence-electron chi connectivity index (χ0n) is 18.8. The number of rotatable bonds is 10. The lowest BCUT2D eigenvalue weighted by Crippen LogP contribution is -2.26. The van der Waals surface area contributed by atoms with Crippen LogP contribution < -0.4 is 9.46 Å². The Balaban J connectivity index is 1.53. The molecule has 0 fully saturated rings. The van der Waals surface area contributed by atoms with Gasteiger partial charge in [-0.3, -0.25) is 0 Å². The number of aromatic carboxylic acids is 1. The molecule has 10 heteroatoms. The molecule has 0 aliphatic heterocycles. The van der Waals surface area contributed by atoms with Crippen molar-refractivity contribution in [2.45, 2.75) is 37.4 Å². The van der Waals surface area contributed by atoms with Gasteiger partial charge in [-0.15, -0.1) is 0 Å². The Morgan fingerprint density at radius 2 is 1.60 bits per heavy atom. The molecule has 3 aromatic rings. The number of nitrogens with one attached hydrogen (secondary N) is 1. The molecule has 3 rings (SSSR count). The second kappa shape index (κ2) is 10.9. The summed E-state index contributed by atoms with van der Waals surface area (Å²) in [4.78, 5) is 11.3. The fraction of sp³-hybridized carbons (Fsp3) is 0.240. The summed E-state index contributed by atoms with van der Waals surface area (Å²) in [5, 5.41) is 9.31. The summed E-state index contributed by atoms with van der Waals surface area (Å²) in [6, 6.07) is 15.7. The van der Waals surface area contributed by atoms with Gasteiger partial charge in [0.25, 0.3) is 0 Å². The highest BCUT2D eigenvalue weighted by molar-refractivity contribution is 7.89. The van der Waals surface area contributed by atoms with E-state index in [1.165, 1.54) is 24.3 Å². The smallest absolute Gasteiger partial charge is 0.416 e. The molecule has 0 saturated carbocycles. The van der Waals surface area contributed by atoms with E-state index in [1.54, 1.807) is 31.2 Å². The summed E-state index contributed by atoms with van der Waals surface area (Å²) in [6.07, 6.45) is -3.53. The lowest BCUT2D eigenvalue weighted by atomic mass is 10.1. The number of halogens is 3. The van der Waals surface area contributed by atoms with Crippen LogP contribution in [0, 0.1) is 0 Å². The van der Waals surface area contributed by atoms with Crippen LogP contribution in [0.4, 0.5) is 13.2 Å². The summed E-state index contributed by atoms with van der Waals surface area (Å²) in [5.41, 5.74) is 1.22. The summed E-state index contributed by atoms with van der Waals surface area (Å²) < 4.78 is 71.1. The molecule has 0 atom stereocenters. The number of sulfonamides is 1. The molecule has 0 aliphatic carbocycles. The van der Waals surface area contributed by atoms with Crippen LogP contribution in [-0.4, -0.2) is 26.0 Å². The van der Waals surface area contributed by atoms with Gasteiger partial charge in [0.15, 0.2) is 0 Å². The number of carboxylic acids is 1. The van der Waals surface area contributed by atoms with Gasteiger partial charge in [0.05, 0.1) is 16.0 Å². The van der Waals surface area contributed by atoms with Crippen LogP contribution in [0.1, 0.15) is 39.5 Å². The number of carbonyl (C=O) groups is 1. The Morgan fingerprint density at radius 1 is 0.971 bits per heavy atom. The van der Waals surface area contributed by atoms with Crippen LogP contribution in [0.5, 0.6) is 5.75 Å². The van der Waals surface area contributed by atoms with Crippen molar-refractivity contribution < 1.29 is 36.2 Å². The van der Waals surface area contributed by atoms with Gasteiger partial charge in [0, 0.05) is 6.54 Å². The first-order chi connectivity index (χ1) is 16.5. The molecule has 0 spiro atoms. The van der Waals surface area contributed by atoms with E-state index in [1.807, 2.05) is 0 Å². The molecule has 0 bridgehead atoms. The van der Waals surface area contributed by atoms with E-state index in [0.29, 0.717) is 29.7 Å². The van der Waals surface area contributed by atoms with Gasteiger partial charge in [-0.25, -0.2) is 17.9 Å². The Bertz CT molecular complexity index is 1270. The maximum Gasteiger partial charge on any atom is 0.416 e. The maximum absolute atomic E-state index is 12.6. The van der Waals surface area contributed by atoms with Crippen LogP contribution in [0.15, 0.2) is 71.6 Å². The van der Waals surface area contributed by atoms with E-state index in [2.05, 4.69) is 4.72 Å². The molecule has 6 nitrogen and oxygen atoms in total. The first-order valence-electron chi connectivity index (χ1n) is 10.7. The number of carboxylic acid groups (broad SMARTS) is 1. The molecule has 186 valence electrons. The lowest BCUT2D eigenvalue weighted by molar-refractivity contribution is -0.137. The number of ether oxygens (including phenoxy) is 1. The first-order valence-corrected chi connectivity index (χ1v) is 12.2. The molecule has 0 saturated heterocycles. The van der Waals surface area contributed by atoms with Crippen LogP contribution in [0.3, 0.4) is 0 Å². The van der Waals surface area contributed by atoms with Gasteiger partial charge in [-0.05, 0) is 65.9 Å². The monoisotopic (exact) mass is 507 g/mol. The van der Waals surface area contributed by atoms with Crippen molar-refractivity contribution in [2.75, 3.05) is 6.54 Å². The predicted molar refractivity (Wildman–Crippen MR) is 124 cm³/mol. The van der Waals surface area contributed by atoms with Crippen molar-refractivity contribution in [1.82, 2.24) is 4.72 Å². The second-order valence-electron chi connectivity index (χ2n) is 7.75. The van der Waals surface area contributed by atoms with Gasteiger partial charge in [-0.1, -0.05) is 37.3 Å². The zero-order valence-corrected chi connectivity index (χ0v) is 19.6. The number of benzene rings is 3. The summed E-state index contributed by atoms with van der Waals surface area (Å²) in [7, 11) is -3.88. The average Bonchev–Trinajstić information content (AvgIpc) is 2.82. The Labute approximate surface area is 201 Å². The van der Waals surface area contributed by atoms with Crippen molar-refractivity contribution in [2.24, 2.45) is 0 Å². The minimum Gasteiger partial charge on any atom is -0.489 e. The molecular formula is C25H24F3NO5S. The molecule has 0 aromatic heterocycles. The predicted octanol–water partition coefficient (Wildman–Crippen LogP) is 5.07. The third kappa shape index (κ3) is 7.06. The summed E-state index contributed by atoms with van der Waals surface area (Å²) >= 11 is 0. The molecule has 35 heavy (non-hydrogen) atoms. The van der Waals surface area contributed by atoms with Crippen LogP contribution >= 0.6 is 0 Å². The van der Waals surface area contributed by atoms with Crippen LogP contribution in [0.2, 0.25) is 0 Å². The van der Waals surface area contributed by atoms with Crippen LogP contribution in [0.25, 0.3) is 0 Å². The van der Waals surface area contributed by atoms with E-state index >= 15 is 0 Å². The Kier molecular flexibility index (Phi) is 8.18. The maximum atomic E-state index is 12.6. The lowest BCUT2D eigenvalue weighted by Gasteiger charge is -2.11. The highest BCUT2D eigenvalue weighted by Crippen LogP contribution is 2.29. The van der Waals surface area contributed by atoms with E-state index in [-0.39, 0.29) is 23.6 Å². The minimum absolute atomic E-state index is 0.0396. The first kappa shape index (κ1) is 26.2. The molecule has 0 radical (unpaired) electrons. The van der Waals surface area contributed by atoms with Gasteiger partial charge < -0.3 is 9.84 Å². The number of alkyl halides is 3. The number of hydrogen-bond donors (Lipinski definition) is 2. The molecule has 3 aromatic carbocycles. The second-order valence-corrected chi connectivity index (χ2v) is 9.52. The van der Waals surface area contributed by atoms with Gasteiger partial charge in [0.2, 0.25) is 10.0 Å². The fourth-order valence-electron chi connectivity index (χ4n) is 3.35. The van der Waals surface area contributed by atoms with E-state index < -0.39 is 27.7 Å². The van der Waals surface area contributed by atoms with Crippen molar-refractivity contribution in [3.05, 3.63) is 94.5 Å². The van der Waals surface area contributed by atoms with Crippen LogP contribution in [-0.2, 0) is 35.6 Å².